The lowest BCUT2D eigenvalue weighted by Gasteiger charge is -2.12. The quantitative estimate of drug-likeness (QED) is 0.907. The topological polar surface area (TPSA) is 53.6 Å². The molecule has 4 nitrogen and oxygen atoms in total. The van der Waals surface area contributed by atoms with Gasteiger partial charge in [0.25, 0.3) is 0 Å². The molecule has 0 saturated heterocycles. The van der Waals surface area contributed by atoms with E-state index in [9.17, 15) is 0 Å². The second kappa shape index (κ2) is 6.36. The summed E-state index contributed by atoms with van der Waals surface area (Å²) in [6, 6.07) is 8.43. The molecule has 0 saturated carbocycles. The van der Waals surface area contributed by atoms with Crippen LogP contribution in [0.4, 0.5) is 0 Å². The number of rotatable bonds is 5. The smallest absolute Gasteiger partial charge is 0.122 e. The Morgan fingerprint density at radius 2 is 2.20 bits per heavy atom. The summed E-state index contributed by atoms with van der Waals surface area (Å²) in [6.45, 7) is 7.84. The van der Waals surface area contributed by atoms with Crippen LogP contribution in [0.1, 0.15) is 36.4 Å². The van der Waals surface area contributed by atoms with E-state index < -0.39 is 0 Å². The molecular formula is C16H20N4. The van der Waals surface area contributed by atoms with Crippen LogP contribution in [0.5, 0.6) is 0 Å². The van der Waals surface area contributed by atoms with E-state index in [4.69, 9.17) is 5.26 Å². The minimum atomic E-state index is 0.441. The number of benzene rings is 1. The van der Waals surface area contributed by atoms with Gasteiger partial charge < -0.3 is 9.88 Å². The minimum Gasteiger partial charge on any atom is -0.329 e. The van der Waals surface area contributed by atoms with E-state index in [1.54, 1.807) is 0 Å². The van der Waals surface area contributed by atoms with Crippen LogP contribution < -0.4 is 5.32 Å². The Hall–Kier alpha value is -2.12. The van der Waals surface area contributed by atoms with Crippen molar-refractivity contribution in [2.45, 2.75) is 39.9 Å². The first-order chi connectivity index (χ1) is 9.60. The second-order valence-corrected chi connectivity index (χ2v) is 5.26. The highest BCUT2D eigenvalue weighted by molar-refractivity contribution is 5.37. The van der Waals surface area contributed by atoms with Crippen LogP contribution >= 0.6 is 0 Å². The molecule has 0 fully saturated rings. The predicted molar refractivity (Wildman–Crippen MR) is 79.2 cm³/mol. The lowest BCUT2D eigenvalue weighted by atomic mass is 10.1. The standard InChI is InChI=1S/C16H20N4/c1-12(2)19-10-16-18-6-7-20(16)11-15-5-4-14(9-17)8-13(15)3/h4-8,12,19H,10-11H2,1-3H3. The molecule has 0 aliphatic rings. The van der Waals surface area contributed by atoms with Gasteiger partial charge >= 0.3 is 0 Å². The summed E-state index contributed by atoms with van der Waals surface area (Å²) in [4.78, 5) is 4.40. The fraction of sp³-hybridized carbons (Fsp3) is 0.375. The average molecular weight is 268 g/mol. The van der Waals surface area contributed by atoms with E-state index in [2.05, 4.69) is 34.8 Å². The van der Waals surface area contributed by atoms with Gasteiger partial charge in [-0.05, 0) is 30.2 Å². The van der Waals surface area contributed by atoms with Crippen LogP contribution in [0.3, 0.4) is 0 Å². The SMILES string of the molecule is Cc1cc(C#N)ccc1Cn1ccnc1CNC(C)C. The van der Waals surface area contributed by atoms with Gasteiger partial charge in [-0.3, -0.25) is 0 Å². The molecule has 4 heteroatoms. The Labute approximate surface area is 120 Å². The normalized spacial score (nSPS) is 10.8. The minimum absolute atomic E-state index is 0.441. The molecule has 1 heterocycles. The van der Waals surface area contributed by atoms with E-state index in [0.29, 0.717) is 11.6 Å². The van der Waals surface area contributed by atoms with E-state index in [0.717, 1.165) is 24.5 Å². The van der Waals surface area contributed by atoms with Gasteiger partial charge in [-0.25, -0.2) is 4.98 Å². The molecule has 2 rings (SSSR count). The van der Waals surface area contributed by atoms with E-state index in [1.165, 1.54) is 5.56 Å². The Kier molecular flexibility index (Phi) is 4.54. The van der Waals surface area contributed by atoms with E-state index >= 15 is 0 Å². The molecule has 1 aromatic heterocycles. The fourth-order valence-electron chi connectivity index (χ4n) is 2.07. The molecule has 0 aliphatic heterocycles. The number of hydrogen-bond acceptors (Lipinski definition) is 3. The molecule has 0 spiro atoms. The van der Waals surface area contributed by atoms with Gasteiger partial charge in [0.15, 0.2) is 0 Å². The third-order valence-electron chi connectivity index (χ3n) is 3.28. The molecule has 2 aromatic rings. The van der Waals surface area contributed by atoms with E-state index in [1.807, 2.05) is 37.5 Å². The molecular weight excluding hydrogens is 248 g/mol. The molecule has 0 aliphatic carbocycles. The van der Waals surface area contributed by atoms with Crippen LogP contribution in [0.2, 0.25) is 0 Å². The molecule has 1 aromatic carbocycles. The highest BCUT2D eigenvalue weighted by Gasteiger charge is 2.06. The number of nitriles is 1. The van der Waals surface area contributed by atoms with Gasteiger partial charge in [-0.15, -0.1) is 0 Å². The maximum atomic E-state index is 8.90. The molecule has 0 bridgehead atoms. The van der Waals surface area contributed by atoms with Crippen LogP contribution in [0.15, 0.2) is 30.6 Å². The summed E-state index contributed by atoms with van der Waals surface area (Å²) in [5.41, 5.74) is 3.06. The van der Waals surface area contributed by atoms with Gasteiger partial charge in [-0.1, -0.05) is 19.9 Å². The van der Waals surface area contributed by atoms with Gasteiger partial charge in [0.2, 0.25) is 0 Å². The first-order valence-electron chi connectivity index (χ1n) is 6.83. The maximum absolute atomic E-state index is 8.90. The summed E-state index contributed by atoms with van der Waals surface area (Å²) < 4.78 is 2.14. The monoisotopic (exact) mass is 268 g/mol. The van der Waals surface area contributed by atoms with Crippen molar-refractivity contribution in [3.8, 4) is 6.07 Å². The third kappa shape index (κ3) is 3.46. The Morgan fingerprint density at radius 1 is 1.40 bits per heavy atom. The zero-order chi connectivity index (χ0) is 14.5. The first kappa shape index (κ1) is 14.3. The number of imidazole rings is 1. The first-order valence-corrected chi connectivity index (χ1v) is 6.83. The molecule has 104 valence electrons. The van der Waals surface area contributed by atoms with Crippen molar-refractivity contribution in [2.24, 2.45) is 0 Å². The van der Waals surface area contributed by atoms with Crippen molar-refractivity contribution >= 4 is 0 Å². The number of nitrogens with zero attached hydrogens (tertiary/aromatic N) is 3. The average Bonchev–Trinajstić information content (AvgIpc) is 2.86. The summed E-state index contributed by atoms with van der Waals surface area (Å²) in [5.74, 6) is 1.03. The molecule has 0 atom stereocenters. The predicted octanol–water partition coefficient (Wildman–Crippen LogP) is 2.61. The van der Waals surface area contributed by atoms with Crippen LogP contribution in [-0.4, -0.2) is 15.6 Å². The third-order valence-corrected chi connectivity index (χ3v) is 3.28. The van der Waals surface area contributed by atoms with Crippen molar-refractivity contribution in [1.29, 1.82) is 5.26 Å². The second-order valence-electron chi connectivity index (χ2n) is 5.26. The number of hydrogen-bond donors (Lipinski definition) is 1. The summed E-state index contributed by atoms with van der Waals surface area (Å²) in [5, 5.41) is 12.3. The number of aryl methyl sites for hydroxylation is 1. The van der Waals surface area contributed by atoms with Crippen LogP contribution in [-0.2, 0) is 13.1 Å². The molecule has 0 unspecified atom stereocenters. The number of nitrogens with one attached hydrogen (secondary N) is 1. The molecule has 1 N–H and O–H groups in total. The van der Waals surface area contributed by atoms with Crippen LogP contribution in [0.25, 0.3) is 0 Å². The molecule has 20 heavy (non-hydrogen) atoms. The summed E-state index contributed by atoms with van der Waals surface area (Å²) in [7, 11) is 0. The zero-order valence-electron chi connectivity index (χ0n) is 12.2. The maximum Gasteiger partial charge on any atom is 0.122 e. The lowest BCUT2D eigenvalue weighted by Crippen LogP contribution is -2.24. The summed E-state index contributed by atoms with van der Waals surface area (Å²) in [6.07, 6.45) is 3.82. The van der Waals surface area contributed by atoms with Crippen molar-refractivity contribution in [2.75, 3.05) is 0 Å². The van der Waals surface area contributed by atoms with Crippen molar-refractivity contribution in [1.82, 2.24) is 14.9 Å². The highest BCUT2D eigenvalue weighted by Crippen LogP contribution is 2.13. The van der Waals surface area contributed by atoms with Gasteiger partial charge in [0, 0.05) is 25.0 Å². The summed E-state index contributed by atoms with van der Waals surface area (Å²) >= 11 is 0. The Balaban J connectivity index is 2.14. The van der Waals surface area contributed by atoms with Gasteiger partial charge in [0.05, 0.1) is 18.2 Å². The molecule has 0 amide bonds. The fourth-order valence-corrected chi connectivity index (χ4v) is 2.07. The lowest BCUT2D eigenvalue weighted by molar-refractivity contribution is 0.554. The van der Waals surface area contributed by atoms with E-state index in [-0.39, 0.29) is 0 Å². The molecule has 0 radical (unpaired) electrons. The Morgan fingerprint density at radius 3 is 2.85 bits per heavy atom. The van der Waals surface area contributed by atoms with Gasteiger partial charge in [0.1, 0.15) is 5.82 Å². The van der Waals surface area contributed by atoms with Crippen molar-refractivity contribution in [3.63, 3.8) is 0 Å². The number of aromatic nitrogens is 2. The highest BCUT2D eigenvalue weighted by atomic mass is 15.1. The van der Waals surface area contributed by atoms with Crippen molar-refractivity contribution in [3.05, 3.63) is 53.1 Å². The van der Waals surface area contributed by atoms with Gasteiger partial charge in [-0.2, -0.15) is 5.26 Å². The Bertz CT molecular complexity index is 620. The zero-order valence-corrected chi connectivity index (χ0v) is 12.2. The largest absolute Gasteiger partial charge is 0.329 e. The van der Waals surface area contributed by atoms with Crippen molar-refractivity contribution < 1.29 is 0 Å². The van der Waals surface area contributed by atoms with Crippen LogP contribution in [0, 0.1) is 18.3 Å².